The summed E-state index contributed by atoms with van der Waals surface area (Å²) in [4.78, 5) is 27.5. The number of hydrogen-bond acceptors (Lipinski definition) is 4. The fourth-order valence-corrected chi connectivity index (χ4v) is 2.33. The molecule has 0 bridgehead atoms. The fraction of sp³-hybridized carbons (Fsp3) is 0.467. The average Bonchev–Trinajstić information content (AvgIpc) is 2.59. The van der Waals surface area contributed by atoms with Gasteiger partial charge in [0.15, 0.2) is 0 Å². The van der Waals surface area contributed by atoms with Crippen LogP contribution in [0.2, 0.25) is 0 Å². The zero-order valence-corrected chi connectivity index (χ0v) is 13.2. The van der Waals surface area contributed by atoms with Crippen LogP contribution in [0.15, 0.2) is 24.3 Å². The van der Waals surface area contributed by atoms with Gasteiger partial charge < -0.3 is 19.3 Å². The second kappa shape index (κ2) is 7.89. The Bertz CT molecular complexity index is 530. The number of rotatable bonds is 4. The molecule has 7 heteroatoms. The fourth-order valence-electron chi connectivity index (χ4n) is 2.25. The highest BCUT2D eigenvalue weighted by atomic mass is 35.5. The predicted molar refractivity (Wildman–Crippen MR) is 82.5 cm³/mol. The minimum Gasteiger partial charge on any atom is -0.497 e. The highest BCUT2D eigenvalue weighted by Gasteiger charge is 2.25. The first-order valence-corrected chi connectivity index (χ1v) is 7.60. The van der Waals surface area contributed by atoms with E-state index in [4.69, 9.17) is 21.1 Å². The van der Waals surface area contributed by atoms with E-state index >= 15 is 0 Å². The Kier molecular flexibility index (Phi) is 5.89. The van der Waals surface area contributed by atoms with Crippen LogP contribution in [0.4, 0.5) is 4.79 Å². The van der Waals surface area contributed by atoms with Gasteiger partial charge >= 0.3 is 6.09 Å². The summed E-state index contributed by atoms with van der Waals surface area (Å²) in [6, 6.07) is 7.04. The molecular weight excluding hydrogens is 308 g/mol. The zero-order valence-electron chi connectivity index (χ0n) is 12.5. The molecule has 1 saturated heterocycles. The number of halogens is 1. The lowest BCUT2D eigenvalue weighted by Crippen LogP contribution is -2.50. The van der Waals surface area contributed by atoms with Crippen LogP contribution in [-0.2, 0) is 4.74 Å². The van der Waals surface area contributed by atoms with Gasteiger partial charge in [-0.05, 0) is 18.2 Å². The van der Waals surface area contributed by atoms with Crippen LogP contribution in [0, 0.1) is 0 Å². The molecule has 6 nitrogen and oxygen atoms in total. The lowest BCUT2D eigenvalue weighted by atomic mass is 10.1. The van der Waals surface area contributed by atoms with Gasteiger partial charge in [-0.15, -0.1) is 11.6 Å². The van der Waals surface area contributed by atoms with Crippen LogP contribution in [0.25, 0.3) is 0 Å². The summed E-state index contributed by atoms with van der Waals surface area (Å²) in [6.07, 6.45) is -0.380. The first kappa shape index (κ1) is 16.4. The van der Waals surface area contributed by atoms with Gasteiger partial charge in [0.05, 0.1) is 13.0 Å². The second-order valence-electron chi connectivity index (χ2n) is 4.81. The molecule has 0 unspecified atom stereocenters. The van der Waals surface area contributed by atoms with Crippen molar-refractivity contribution in [2.24, 2.45) is 0 Å². The Morgan fingerprint density at radius 2 is 1.86 bits per heavy atom. The largest absolute Gasteiger partial charge is 0.497 e. The van der Waals surface area contributed by atoms with E-state index in [2.05, 4.69) is 0 Å². The van der Waals surface area contributed by atoms with Crippen molar-refractivity contribution >= 4 is 23.6 Å². The van der Waals surface area contributed by atoms with Gasteiger partial charge in [0.2, 0.25) is 0 Å². The molecule has 0 aliphatic carbocycles. The summed E-state index contributed by atoms with van der Waals surface area (Å²) >= 11 is 5.48. The molecule has 1 aromatic rings. The van der Waals surface area contributed by atoms with E-state index in [1.807, 2.05) is 0 Å². The lowest BCUT2D eigenvalue weighted by Gasteiger charge is -2.34. The molecule has 0 radical (unpaired) electrons. The number of carbonyl (C=O) groups excluding carboxylic acids is 2. The van der Waals surface area contributed by atoms with Crippen molar-refractivity contribution in [2.45, 2.75) is 0 Å². The highest BCUT2D eigenvalue weighted by molar-refractivity contribution is 6.18. The highest BCUT2D eigenvalue weighted by Crippen LogP contribution is 2.15. The number of alkyl halides is 1. The second-order valence-corrected chi connectivity index (χ2v) is 5.19. The van der Waals surface area contributed by atoms with Crippen LogP contribution < -0.4 is 4.74 Å². The number of piperazine rings is 1. The normalized spacial score (nSPS) is 14.6. The summed E-state index contributed by atoms with van der Waals surface area (Å²) in [5.41, 5.74) is 0.581. The van der Waals surface area contributed by atoms with Crippen LogP contribution >= 0.6 is 11.6 Å². The Hall–Kier alpha value is -1.95. The molecular formula is C15H19ClN2O4. The van der Waals surface area contributed by atoms with Crippen molar-refractivity contribution in [1.82, 2.24) is 9.80 Å². The molecule has 0 saturated carbocycles. The number of ether oxygens (including phenoxy) is 2. The topological polar surface area (TPSA) is 59.1 Å². The number of benzene rings is 1. The van der Waals surface area contributed by atoms with Gasteiger partial charge in [-0.1, -0.05) is 6.07 Å². The van der Waals surface area contributed by atoms with E-state index < -0.39 is 0 Å². The smallest absolute Gasteiger partial charge is 0.409 e. The zero-order chi connectivity index (χ0) is 15.9. The third-order valence-electron chi connectivity index (χ3n) is 3.44. The minimum atomic E-state index is -0.380. The molecule has 2 rings (SSSR count). The van der Waals surface area contributed by atoms with Crippen LogP contribution in [0.3, 0.4) is 0 Å². The summed E-state index contributed by atoms with van der Waals surface area (Å²) in [7, 11) is 1.56. The molecule has 0 aromatic heterocycles. The molecule has 1 heterocycles. The molecule has 120 valence electrons. The van der Waals surface area contributed by atoms with Gasteiger partial charge in [-0.3, -0.25) is 4.79 Å². The Labute approximate surface area is 134 Å². The Morgan fingerprint density at radius 3 is 2.50 bits per heavy atom. The SMILES string of the molecule is COc1cccc(C(=O)N2CCN(C(=O)OCCCl)CC2)c1. The van der Waals surface area contributed by atoms with E-state index in [0.717, 1.165) is 0 Å². The van der Waals surface area contributed by atoms with Crippen molar-refractivity contribution in [1.29, 1.82) is 0 Å². The quantitative estimate of drug-likeness (QED) is 0.792. The molecule has 0 N–H and O–H groups in total. The molecule has 22 heavy (non-hydrogen) atoms. The van der Waals surface area contributed by atoms with Crippen LogP contribution in [0.5, 0.6) is 5.75 Å². The van der Waals surface area contributed by atoms with E-state index in [9.17, 15) is 9.59 Å². The van der Waals surface area contributed by atoms with Crippen LogP contribution in [0.1, 0.15) is 10.4 Å². The van der Waals surface area contributed by atoms with Gasteiger partial charge in [0.25, 0.3) is 5.91 Å². The third kappa shape index (κ3) is 4.04. The van der Waals surface area contributed by atoms with Crippen molar-refractivity contribution in [3.63, 3.8) is 0 Å². The Balaban J connectivity index is 1.90. The predicted octanol–water partition coefficient (Wildman–Crippen LogP) is 1.83. The summed E-state index contributed by atoms with van der Waals surface area (Å²) in [5.74, 6) is 0.863. The maximum atomic E-state index is 12.4. The van der Waals surface area contributed by atoms with E-state index in [1.54, 1.807) is 41.2 Å². The van der Waals surface area contributed by atoms with Gasteiger partial charge in [0.1, 0.15) is 12.4 Å². The molecule has 1 fully saturated rings. The van der Waals surface area contributed by atoms with Gasteiger partial charge in [-0.25, -0.2) is 4.79 Å². The number of carbonyl (C=O) groups is 2. The molecule has 1 aliphatic rings. The number of amides is 2. The van der Waals surface area contributed by atoms with E-state index in [1.165, 1.54) is 0 Å². The van der Waals surface area contributed by atoms with Crippen molar-refractivity contribution in [3.05, 3.63) is 29.8 Å². The third-order valence-corrected chi connectivity index (χ3v) is 3.60. The first-order valence-electron chi connectivity index (χ1n) is 7.06. The molecule has 1 aliphatic heterocycles. The standard InChI is InChI=1S/C15H19ClN2O4/c1-21-13-4-2-3-12(11-13)14(19)17-6-8-18(9-7-17)15(20)22-10-5-16/h2-4,11H,5-10H2,1H3. The Morgan fingerprint density at radius 1 is 1.18 bits per heavy atom. The maximum absolute atomic E-state index is 12.4. The maximum Gasteiger partial charge on any atom is 0.409 e. The molecule has 0 atom stereocenters. The van der Waals surface area contributed by atoms with Crippen molar-refractivity contribution in [3.8, 4) is 5.75 Å². The van der Waals surface area contributed by atoms with Crippen LogP contribution in [-0.4, -0.2) is 67.6 Å². The van der Waals surface area contributed by atoms with E-state index in [0.29, 0.717) is 37.5 Å². The minimum absolute atomic E-state index is 0.0623. The summed E-state index contributed by atoms with van der Waals surface area (Å²) in [6.45, 7) is 2.06. The number of nitrogens with zero attached hydrogens (tertiary/aromatic N) is 2. The number of hydrogen-bond donors (Lipinski definition) is 0. The summed E-state index contributed by atoms with van der Waals surface area (Å²) in [5, 5.41) is 0. The van der Waals surface area contributed by atoms with Gasteiger partial charge in [-0.2, -0.15) is 0 Å². The monoisotopic (exact) mass is 326 g/mol. The van der Waals surface area contributed by atoms with Crippen molar-refractivity contribution in [2.75, 3.05) is 45.8 Å². The average molecular weight is 327 g/mol. The first-order chi connectivity index (χ1) is 10.7. The molecule has 2 amide bonds. The summed E-state index contributed by atoms with van der Waals surface area (Å²) < 4.78 is 10.1. The lowest BCUT2D eigenvalue weighted by molar-refractivity contribution is 0.0571. The van der Waals surface area contributed by atoms with Gasteiger partial charge in [0, 0.05) is 31.7 Å². The van der Waals surface area contributed by atoms with E-state index in [-0.39, 0.29) is 24.5 Å². The molecule has 0 spiro atoms. The number of methoxy groups -OCH3 is 1. The molecule has 1 aromatic carbocycles. The van der Waals surface area contributed by atoms with Crippen molar-refractivity contribution < 1.29 is 19.1 Å².